The molecule has 3 aromatic rings. The van der Waals surface area contributed by atoms with E-state index >= 15 is 0 Å². The van der Waals surface area contributed by atoms with Crippen LogP contribution in [0.4, 0.5) is 0 Å². The third-order valence-electron chi connectivity index (χ3n) is 9.87. The highest BCUT2D eigenvalue weighted by Gasteiger charge is 2.23. The zero-order valence-electron chi connectivity index (χ0n) is 32.7. The van der Waals surface area contributed by atoms with Crippen LogP contribution in [0.15, 0.2) is 48.5 Å². The second-order valence-electron chi connectivity index (χ2n) is 13.6. The Labute approximate surface area is 336 Å². The summed E-state index contributed by atoms with van der Waals surface area (Å²) in [5.74, 6) is 1.76. The van der Waals surface area contributed by atoms with Crippen LogP contribution in [0.1, 0.15) is 139 Å². The average Bonchev–Trinajstić information content (AvgIpc) is 3.52. The van der Waals surface area contributed by atoms with Crippen molar-refractivity contribution in [2.24, 2.45) is 0 Å². The fourth-order valence-corrected chi connectivity index (χ4v) is 11.0. The van der Waals surface area contributed by atoms with Crippen LogP contribution in [0.2, 0.25) is 0 Å². The fraction of sp³-hybridized carbons (Fsp3) is 0.591. The molecule has 0 aliphatic carbocycles. The first-order valence-corrected chi connectivity index (χ1v) is 23.7. The van der Waals surface area contributed by atoms with Crippen LogP contribution in [0.5, 0.6) is 0 Å². The second-order valence-corrected chi connectivity index (χ2v) is 18.0. The van der Waals surface area contributed by atoms with Crippen molar-refractivity contribution in [1.29, 1.82) is 0 Å². The first kappa shape index (κ1) is 44.0. The predicted octanol–water partition coefficient (Wildman–Crippen LogP) is 14.6. The lowest BCUT2D eigenvalue weighted by molar-refractivity contribution is 0.482. The Morgan fingerprint density at radius 2 is 0.824 bits per heavy atom. The van der Waals surface area contributed by atoms with Crippen LogP contribution in [0, 0.1) is 0 Å². The summed E-state index contributed by atoms with van der Waals surface area (Å²) in [5, 5.41) is 0. The molecule has 0 amide bonds. The van der Waals surface area contributed by atoms with Crippen LogP contribution < -0.4 is 0 Å². The number of hydrogen-bond donors (Lipinski definition) is 0. The molecule has 1 heterocycles. The predicted molar refractivity (Wildman–Crippen MR) is 243 cm³/mol. The van der Waals surface area contributed by atoms with Gasteiger partial charge in [0, 0.05) is 58.6 Å². The summed E-state index contributed by atoms with van der Waals surface area (Å²) in [5.41, 5.74) is 8.29. The number of unbranched alkanes of at least 4 members (excludes halogenated alkanes) is 10. The van der Waals surface area contributed by atoms with Gasteiger partial charge in [-0.25, -0.2) is 0 Å². The molecule has 3 rings (SSSR count). The second kappa shape index (κ2) is 25.6. The molecule has 0 aliphatic heterocycles. The molecule has 7 heteroatoms. The van der Waals surface area contributed by atoms with Crippen molar-refractivity contribution >= 4 is 67.9 Å². The van der Waals surface area contributed by atoms with E-state index in [4.69, 9.17) is 24.4 Å². The lowest BCUT2D eigenvalue weighted by atomic mass is 9.93. The highest BCUT2D eigenvalue weighted by molar-refractivity contribution is 8.22. The van der Waals surface area contributed by atoms with Crippen LogP contribution in [0.25, 0.3) is 22.3 Å². The van der Waals surface area contributed by atoms with Gasteiger partial charge in [-0.3, -0.25) is 0 Å². The first-order chi connectivity index (χ1) is 24.9. The smallest absolute Gasteiger partial charge is 0.136 e. The molecule has 282 valence electrons. The molecule has 2 nitrogen and oxygen atoms in total. The van der Waals surface area contributed by atoms with Gasteiger partial charge >= 0.3 is 0 Å². The Bertz CT molecular complexity index is 1300. The molecule has 0 unspecified atom stereocenters. The molecule has 0 bridgehead atoms. The Morgan fingerprint density at radius 1 is 0.490 bits per heavy atom. The molecule has 51 heavy (non-hydrogen) atoms. The molecule has 0 aliphatic rings. The maximum absolute atomic E-state index is 5.94. The maximum Gasteiger partial charge on any atom is 0.136 e. The number of thiophene rings is 1. The van der Waals surface area contributed by atoms with Crippen LogP contribution in [-0.4, -0.2) is 44.6 Å². The van der Waals surface area contributed by atoms with Gasteiger partial charge in [0.05, 0.1) is 0 Å². The largest absolute Gasteiger partial charge is 0.358 e. The van der Waals surface area contributed by atoms with E-state index in [0.717, 1.165) is 59.2 Å². The number of nitrogens with zero attached hydrogens (tertiary/aromatic N) is 2. The lowest BCUT2D eigenvalue weighted by Gasteiger charge is -2.21. The number of aryl methyl sites for hydroxylation is 2. The van der Waals surface area contributed by atoms with Crippen molar-refractivity contribution < 1.29 is 0 Å². The Morgan fingerprint density at radius 3 is 1.16 bits per heavy atom. The van der Waals surface area contributed by atoms with Gasteiger partial charge in [0.1, 0.15) is 8.64 Å². The van der Waals surface area contributed by atoms with E-state index in [-0.39, 0.29) is 0 Å². The van der Waals surface area contributed by atoms with Crippen LogP contribution in [-0.2, 0) is 24.3 Å². The van der Waals surface area contributed by atoms with Gasteiger partial charge in [-0.15, -0.1) is 11.3 Å². The molecule has 1 aromatic heterocycles. The molecule has 0 atom stereocenters. The van der Waals surface area contributed by atoms with Crippen molar-refractivity contribution in [2.45, 2.75) is 143 Å². The monoisotopic (exact) mass is 782 g/mol. The minimum Gasteiger partial charge on any atom is -0.358 e. The van der Waals surface area contributed by atoms with E-state index < -0.39 is 0 Å². The number of benzene rings is 2. The number of hydrogen-bond acceptors (Lipinski definition) is 5. The molecule has 0 spiro atoms. The minimum absolute atomic E-state index is 0.878. The maximum atomic E-state index is 5.94. The molecule has 0 fully saturated rings. The van der Waals surface area contributed by atoms with Crippen molar-refractivity contribution in [3.05, 3.63) is 69.4 Å². The summed E-state index contributed by atoms with van der Waals surface area (Å²) in [6.45, 7) is 17.1. The van der Waals surface area contributed by atoms with Crippen molar-refractivity contribution in [3.8, 4) is 22.3 Å². The minimum atomic E-state index is 0.878. The standard InChI is InChI=1S/C44H66N2S5/c1-7-13-15-17-19-21-23-35-25-29-37(30-26-35)41-39(33-49-43(47)45(9-3)10-4)51-40(34-50-44(48)46(11-5)12-6)42(41)38-31-27-36(28-32-38)24-22-20-18-16-14-8-2/h25-32H,7-24,33-34H2,1-6H3. The van der Waals surface area contributed by atoms with Crippen LogP contribution in [0.3, 0.4) is 0 Å². The van der Waals surface area contributed by atoms with E-state index in [0.29, 0.717) is 0 Å². The number of thioether (sulfide) groups is 2. The molecule has 0 radical (unpaired) electrons. The topological polar surface area (TPSA) is 6.48 Å². The van der Waals surface area contributed by atoms with Gasteiger partial charge in [0.25, 0.3) is 0 Å². The summed E-state index contributed by atoms with van der Waals surface area (Å²) in [6.07, 6.45) is 18.3. The molecule has 0 saturated carbocycles. The summed E-state index contributed by atoms with van der Waals surface area (Å²) in [7, 11) is 0. The summed E-state index contributed by atoms with van der Waals surface area (Å²) in [6, 6.07) is 19.1. The zero-order chi connectivity index (χ0) is 36.8. The van der Waals surface area contributed by atoms with Gasteiger partial charge in [0.15, 0.2) is 0 Å². The zero-order valence-corrected chi connectivity index (χ0v) is 36.8. The van der Waals surface area contributed by atoms with E-state index in [9.17, 15) is 0 Å². The van der Waals surface area contributed by atoms with Gasteiger partial charge in [-0.05, 0) is 75.6 Å². The fourth-order valence-electron chi connectivity index (χ4n) is 6.64. The summed E-state index contributed by atoms with van der Waals surface area (Å²) >= 11 is 17.5. The summed E-state index contributed by atoms with van der Waals surface area (Å²) < 4.78 is 1.99. The first-order valence-electron chi connectivity index (χ1n) is 20.1. The third-order valence-corrected chi connectivity index (χ3v) is 14.5. The van der Waals surface area contributed by atoms with E-state index in [1.54, 1.807) is 0 Å². The van der Waals surface area contributed by atoms with Gasteiger partial charge in [-0.1, -0.05) is 175 Å². The lowest BCUT2D eigenvalue weighted by Crippen LogP contribution is -2.26. The average molecular weight is 783 g/mol. The highest BCUT2D eigenvalue weighted by Crippen LogP contribution is 2.46. The summed E-state index contributed by atoms with van der Waals surface area (Å²) in [4.78, 5) is 7.42. The highest BCUT2D eigenvalue weighted by atomic mass is 32.2. The quantitative estimate of drug-likeness (QED) is 0.0655. The normalized spacial score (nSPS) is 11.3. The Balaban J connectivity index is 1.99. The molecule has 0 N–H and O–H groups in total. The van der Waals surface area contributed by atoms with Crippen LogP contribution >= 0.6 is 59.3 Å². The molecule has 2 aromatic carbocycles. The van der Waals surface area contributed by atoms with Gasteiger partial charge in [-0.2, -0.15) is 0 Å². The third kappa shape index (κ3) is 14.8. The Hall–Kier alpha value is -1.38. The number of rotatable bonds is 24. The van der Waals surface area contributed by atoms with Crippen molar-refractivity contribution in [3.63, 3.8) is 0 Å². The molecular weight excluding hydrogens is 717 g/mol. The Kier molecular flexibility index (Phi) is 22.1. The molecular formula is C44H66N2S5. The van der Waals surface area contributed by atoms with Crippen molar-refractivity contribution in [1.82, 2.24) is 9.80 Å². The van der Waals surface area contributed by atoms with E-state index in [1.807, 2.05) is 34.9 Å². The SMILES string of the molecule is CCCCCCCCc1ccc(-c2c(CSC(=S)N(CC)CC)sc(CSC(=S)N(CC)CC)c2-c2ccc(CCCCCCCC)cc2)cc1. The number of thiocarbonyl (C=S) groups is 2. The molecule has 0 saturated heterocycles. The van der Waals surface area contributed by atoms with Gasteiger partial charge < -0.3 is 9.80 Å². The van der Waals surface area contributed by atoms with E-state index in [1.165, 1.54) is 120 Å². The van der Waals surface area contributed by atoms with Gasteiger partial charge in [0.2, 0.25) is 0 Å². The van der Waals surface area contributed by atoms with Crippen molar-refractivity contribution in [2.75, 3.05) is 26.2 Å². The van der Waals surface area contributed by atoms with E-state index in [2.05, 4.69) is 99.9 Å².